The minimum atomic E-state index is -3.19. The van der Waals surface area contributed by atoms with Crippen LogP contribution in [0.25, 0.3) is 0 Å². The molecule has 0 spiro atoms. The molecule has 1 aromatic carbocycles. The van der Waals surface area contributed by atoms with E-state index in [2.05, 4.69) is 0 Å². The SMILES string of the molecule is COC(=O)C1(c2ccc(S(C)(=O)=O)cc2)CC1. The van der Waals surface area contributed by atoms with E-state index in [0.29, 0.717) is 0 Å². The summed E-state index contributed by atoms with van der Waals surface area (Å²) in [6, 6.07) is 6.46. The second-order valence-electron chi connectivity index (χ2n) is 4.37. The highest BCUT2D eigenvalue weighted by Crippen LogP contribution is 2.49. The topological polar surface area (TPSA) is 60.4 Å². The van der Waals surface area contributed by atoms with E-state index in [1.165, 1.54) is 19.2 Å². The van der Waals surface area contributed by atoms with Gasteiger partial charge in [0.05, 0.1) is 17.4 Å². The van der Waals surface area contributed by atoms with Crippen LogP contribution in [0.5, 0.6) is 0 Å². The summed E-state index contributed by atoms with van der Waals surface area (Å²) in [7, 11) is -1.82. The van der Waals surface area contributed by atoms with Crippen molar-refractivity contribution in [1.29, 1.82) is 0 Å². The maximum atomic E-state index is 11.6. The van der Waals surface area contributed by atoms with Gasteiger partial charge in [0.25, 0.3) is 0 Å². The lowest BCUT2D eigenvalue weighted by Gasteiger charge is -2.13. The van der Waals surface area contributed by atoms with Gasteiger partial charge in [-0.2, -0.15) is 0 Å². The first kappa shape index (κ1) is 12.1. The number of benzene rings is 1. The molecule has 1 aliphatic rings. The lowest BCUT2D eigenvalue weighted by atomic mass is 9.96. The molecule has 1 saturated carbocycles. The van der Waals surface area contributed by atoms with Gasteiger partial charge in [0, 0.05) is 6.26 Å². The number of hydrogen-bond donors (Lipinski definition) is 0. The number of rotatable bonds is 3. The molecular weight excluding hydrogens is 240 g/mol. The highest BCUT2D eigenvalue weighted by atomic mass is 32.2. The quantitative estimate of drug-likeness (QED) is 0.763. The van der Waals surface area contributed by atoms with Gasteiger partial charge in [-0.15, -0.1) is 0 Å². The van der Waals surface area contributed by atoms with Crippen LogP contribution in [0.15, 0.2) is 29.2 Å². The molecule has 4 nitrogen and oxygen atoms in total. The zero-order valence-electron chi connectivity index (χ0n) is 9.76. The average Bonchev–Trinajstić information content (AvgIpc) is 3.08. The minimum Gasteiger partial charge on any atom is -0.468 e. The molecule has 1 aliphatic carbocycles. The summed E-state index contributed by atoms with van der Waals surface area (Å²) in [6.45, 7) is 0. The van der Waals surface area contributed by atoms with Crippen LogP contribution in [0, 0.1) is 0 Å². The molecule has 0 N–H and O–H groups in total. The highest BCUT2D eigenvalue weighted by molar-refractivity contribution is 7.90. The smallest absolute Gasteiger partial charge is 0.316 e. The number of hydrogen-bond acceptors (Lipinski definition) is 4. The molecule has 0 bridgehead atoms. The first-order valence-corrected chi connectivity index (χ1v) is 7.18. The van der Waals surface area contributed by atoms with Crippen molar-refractivity contribution in [3.8, 4) is 0 Å². The third-order valence-electron chi connectivity index (χ3n) is 3.16. The van der Waals surface area contributed by atoms with Crippen molar-refractivity contribution in [1.82, 2.24) is 0 Å². The van der Waals surface area contributed by atoms with Gasteiger partial charge in [-0.1, -0.05) is 12.1 Å². The summed E-state index contributed by atoms with van der Waals surface area (Å²) in [6.07, 6.45) is 2.69. The molecule has 0 unspecified atom stereocenters. The Bertz CT molecular complexity index is 538. The number of esters is 1. The van der Waals surface area contributed by atoms with Gasteiger partial charge < -0.3 is 4.74 Å². The molecule has 0 saturated heterocycles. The molecular formula is C12H14O4S. The Balaban J connectivity index is 2.34. The van der Waals surface area contributed by atoms with E-state index in [1.807, 2.05) is 0 Å². The molecule has 0 atom stereocenters. The van der Waals surface area contributed by atoms with Gasteiger partial charge in [-0.3, -0.25) is 4.79 Å². The van der Waals surface area contributed by atoms with Gasteiger partial charge in [0.15, 0.2) is 9.84 Å². The van der Waals surface area contributed by atoms with E-state index in [1.54, 1.807) is 12.1 Å². The molecule has 0 aliphatic heterocycles. The molecule has 92 valence electrons. The second kappa shape index (κ2) is 3.84. The van der Waals surface area contributed by atoms with Crippen LogP contribution in [0.1, 0.15) is 18.4 Å². The minimum absolute atomic E-state index is 0.246. The van der Waals surface area contributed by atoms with Crippen molar-refractivity contribution >= 4 is 15.8 Å². The fourth-order valence-corrected chi connectivity index (χ4v) is 2.58. The third-order valence-corrected chi connectivity index (χ3v) is 4.29. The van der Waals surface area contributed by atoms with Crippen LogP contribution in [0.2, 0.25) is 0 Å². The van der Waals surface area contributed by atoms with Crippen LogP contribution in [0.3, 0.4) is 0 Å². The largest absolute Gasteiger partial charge is 0.468 e. The zero-order valence-corrected chi connectivity index (χ0v) is 10.6. The molecule has 0 amide bonds. The van der Waals surface area contributed by atoms with Crippen molar-refractivity contribution < 1.29 is 17.9 Å². The normalized spacial score (nSPS) is 17.5. The molecule has 1 aromatic rings. The Kier molecular flexibility index (Phi) is 2.73. The number of sulfone groups is 1. The van der Waals surface area contributed by atoms with Gasteiger partial charge in [-0.05, 0) is 30.5 Å². The fraction of sp³-hybridized carbons (Fsp3) is 0.417. The predicted molar refractivity (Wildman–Crippen MR) is 62.5 cm³/mol. The number of carbonyl (C=O) groups excluding carboxylic acids is 1. The summed E-state index contributed by atoms with van der Waals surface area (Å²) in [5.74, 6) is -0.246. The Morgan fingerprint density at radius 1 is 1.24 bits per heavy atom. The van der Waals surface area contributed by atoms with Crippen LogP contribution in [-0.2, 0) is 24.8 Å². The van der Waals surface area contributed by atoms with Crippen LogP contribution >= 0.6 is 0 Å². The van der Waals surface area contributed by atoms with Crippen LogP contribution in [-0.4, -0.2) is 27.8 Å². The maximum absolute atomic E-state index is 11.6. The van der Waals surface area contributed by atoms with E-state index in [-0.39, 0.29) is 10.9 Å². The molecule has 0 radical (unpaired) electrons. The van der Waals surface area contributed by atoms with Crippen LogP contribution in [0.4, 0.5) is 0 Å². The summed E-state index contributed by atoms with van der Waals surface area (Å²) >= 11 is 0. The summed E-state index contributed by atoms with van der Waals surface area (Å²) < 4.78 is 27.4. The summed E-state index contributed by atoms with van der Waals surface area (Å²) in [4.78, 5) is 11.9. The van der Waals surface area contributed by atoms with E-state index < -0.39 is 15.3 Å². The monoisotopic (exact) mass is 254 g/mol. The molecule has 0 heterocycles. The predicted octanol–water partition coefficient (Wildman–Crippen LogP) is 1.29. The maximum Gasteiger partial charge on any atom is 0.316 e. The van der Waals surface area contributed by atoms with Gasteiger partial charge >= 0.3 is 5.97 Å². The Morgan fingerprint density at radius 3 is 2.12 bits per heavy atom. The Labute approximate surface area is 101 Å². The lowest BCUT2D eigenvalue weighted by molar-refractivity contribution is -0.143. The molecule has 17 heavy (non-hydrogen) atoms. The van der Waals surface area contributed by atoms with E-state index in [9.17, 15) is 13.2 Å². The van der Waals surface area contributed by atoms with Gasteiger partial charge in [-0.25, -0.2) is 8.42 Å². The van der Waals surface area contributed by atoms with Crippen LogP contribution < -0.4 is 0 Å². The number of ether oxygens (including phenoxy) is 1. The highest BCUT2D eigenvalue weighted by Gasteiger charge is 2.52. The molecule has 5 heteroatoms. The Morgan fingerprint density at radius 2 is 1.76 bits per heavy atom. The number of methoxy groups -OCH3 is 1. The molecule has 2 rings (SSSR count). The summed E-state index contributed by atoms with van der Waals surface area (Å²) in [5, 5.41) is 0. The van der Waals surface area contributed by atoms with Crippen molar-refractivity contribution in [2.45, 2.75) is 23.2 Å². The Hall–Kier alpha value is -1.36. The second-order valence-corrected chi connectivity index (χ2v) is 6.39. The van der Waals surface area contributed by atoms with Gasteiger partial charge in [0.1, 0.15) is 0 Å². The van der Waals surface area contributed by atoms with Crippen molar-refractivity contribution in [3.63, 3.8) is 0 Å². The molecule has 1 fully saturated rings. The van der Waals surface area contributed by atoms with Gasteiger partial charge in [0.2, 0.25) is 0 Å². The van der Waals surface area contributed by atoms with Crippen molar-refractivity contribution in [2.24, 2.45) is 0 Å². The molecule has 0 aromatic heterocycles. The number of carbonyl (C=O) groups is 1. The van der Waals surface area contributed by atoms with Crippen molar-refractivity contribution in [2.75, 3.05) is 13.4 Å². The average molecular weight is 254 g/mol. The summed E-state index contributed by atoms with van der Waals surface area (Å²) in [5.41, 5.74) is 0.293. The lowest BCUT2D eigenvalue weighted by Crippen LogP contribution is -2.21. The third kappa shape index (κ3) is 2.07. The zero-order chi connectivity index (χ0) is 12.7. The first-order valence-electron chi connectivity index (χ1n) is 5.29. The first-order chi connectivity index (χ1) is 7.90. The fourth-order valence-electron chi connectivity index (χ4n) is 1.95. The standard InChI is InChI=1S/C12H14O4S/c1-16-11(13)12(7-8-12)9-3-5-10(6-4-9)17(2,14)15/h3-6H,7-8H2,1-2H3. The van der Waals surface area contributed by atoms with E-state index >= 15 is 0 Å². The van der Waals surface area contributed by atoms with E-state index in [4.69, 9.17) is 4.74 Å². The van der Waals surface area contributed by atoms with E-state index in [0.717, 1.165) is 24.7 Å². The van der Waals surface area contributed by atoms with Crippen molar-refractivity contribution in [3.05, 3.63) is 29.8 Å².